The second-order valence-electron chi connectivity index (χ2n) is 5.16. The van der Waals surface area contributed by atoms with Crippen LogP contribution in [0.5, 0.6) is 0 Å². The van der Waals surface area contributed by atoms with Gasteiger partial charge in [-0.25, -0.2) is 0 Å². The van der Waals surface area contributed by atoms with Gasteiger partial charge in [-0.1, -0.05) is 26.3 Å². The second-order valence-corrected chi connectivity index (χ2v) is 5.16. The molecule has 2 rings (SSSR count). The molecule has 3 heteroatoms. The smallest absolute Gasteiger partial charge is 0.134 e. The Kier molecular flexibility index (Phi) is 5.62. The number of hydrogen-bond acceptors (Lipinski definition) is 3. The maximum absolute atomic E-state index is 6.00. The summed E-state index contributed by atoms with van der Waals surface area (Å²) in [5, 5.41) is 4.68. The van der Waals surface area contributed by atoms with Gasteiger partial charge in [0, 0.05) is 12.5 Å². The average molecular weight is 275 g/mol. The molecule has 0 fully saturated rings. The van der Waals surface area contributed by atoms with E-state index >= 15 is 0 Å². The highest BCUT2D eigenvalue weighted by Gasteiger charge is 2.14. The molecule has 0 spiro atoms. The van der Waals surface area contributed by atoms with Crippen molar-refractivity contribution < 1.29 is 9.15 Å². The van der Waals surface area contributed by atoms with Crippen molar-refractivity contribution in [3.05, 3.63) is 35.6 Å². The number of fused-ring (bicyclic) bond motifs is 1. The van der Waals surface area contributed by atoms with Gasteiger partial charge in [0.1, 0.15) is 11.3 Å². The summed E-state index contributed by atoms with van der Waals surface area (Å²) in [7, 11) is 1.74. The van der Waals surface area contributed by atoms with Crippen LogP contribution in [0.25, 0.3) is 11.0 Å². The third kappa shape index (κ3) is 3.62. The Bertz CT molecular complexity index is 527. The maximum atomic E-state index is 6.00. The molecular weight excluding hydrogens is 250 g/mol. The molecule has 3 nitrogen and oxygen atoms in total. The lowest BCUT2D eigenvalue weighted by molar-refractivity contribution is 0.202. The van der Waals surface area contributed by atoms with Gasteiger partial charge in [-0.05, 0) is 43.1 Å². The lowest BCUT2D eigenvalue weighted by Crippen LogP contribution is -2.20. The Morgan fingerprint density at radius 1 is 1.25 bits per heavy atom. The van der Waals surface area contributed by atoms with E-state index in [0.29, 0.717) is 6.04 Å². The minimum Gasteiger partial charge on any atom is -0.459 e. The molecule has 0 saturated heterocycles. The molecule has 0 amide bonds. The van der Waals surface area contributed by atoms with Crippen molar-refractivity contribution in [2.24, 2.45) is 0 Å². The van der Waals surface area contributed by atoms with E-state index in [1.165, 1.54) is 10.9 Å². The SMILES string of the molecule is CCCC(NCC)c1cc2cc(CCOC)ccc2o1. The highest BCUT2D eigenvalue weighted by molar-refractivity contribution is 5.78. The molecule has 110 valence electrons. The van der Waals surface area contributed by atoms with E-state index in [4.69, 9.17) is 9.15 Å². The number of hydrogen-bond donors (Lipinski definition) is 1. The molecule has 1 heterocycles. The molecule has 0 bridgehead atoms. The summed E-state index contributed by atoms with van der Waals surface area (Å²) in [4.78, 5) is 0. The van der Waals surface area contributed by atoms with Gasteiger partial charge in [0.15, 0.2) is 0 Å². The molecule has 0 aliphatic carbocycles. The minimum absolute atomic E-state index is 0.319. The highest BCUT2D eigenvalue weighted by Crippen LogP contribution is 2.27. The molecule has 0 aliphatic heterocycles. The summed E-state index contributed by atoms with van der Waals surface area (Å²) in [6.45, 7) is 6.05. The summed E-state index contributed by atoms with van der Waals surface area (Å²) in [6.07, 6.45) is 3.19. The molecule has 0 saturated carbocycles. The third-order valence-electron chi connectivity index (χ3n) is 3.57. The predicted molar refractivity (Wildman–Crippen MR) is 83.1 cm³/mol. The fraction of sp³-hybridized carbons (Fsp3) is 0.529. The number of methoxy groups -OCH3 is 1. The molecule has 2 aromatic rings. The van der Waals surface area contributed by atoms with Crippen LogP contribution in [-0.4, -0.2) is 20.3 Å². The standard InChI is InChI=1S/C17H25NO2/c1-4-6-15(18-5-2)17-12-14-11-13(9-10-19-3)7-8-16(14)20-17/h7-8,11-12,15,18H,4-6,9-10H2,1-3H3. The Morgan fingerprint density at radius 3 is 2.80 bits per heavy atom. The van der Waals surface area contributed by atoms with E-state index in [1.54, 1.807) is 7.11 Å². The number of benzene rings is 1. The van der Waals surface area contributed by atoms with Gasteiger partial charge in [-0.3, -0.25) is 0 Å². The van der Waals surface area contributed by atoms with Gasteiger partial charge in [0.25, 0.3) is 0 Å². The van der Waals surface area contributed by atoms with E-state index in [1.807, 2.05) is 0 Å². The van der Waals surface area contributed by atoms with E-state index in [-0.39, 0.29) is 0 Å². The van der Waals surface area contributed by atoms with Gasteiger partial charge in [-0.2, -0.15) is 0 Å². The molecular formula is C17H25NO2. The fourth-order valence-electron chi connectivity index (χ4n) is 2.54. The maximum Gasteiger partial charge on any atom is 0.134 e. The number of nitrogens with one attached hydrogen (secondary N) is 1. The van der Waals surface area contributed by atoms with Crippen LogP contribution in [0.2, 0.25) is 0 Å². The van der Waals surface area contributed by atoms with E-state index < -0.39 is 0 Å². The Hall–Kier alpha value is -1.32. The first-order valence-electron chi connectivity index (χ1n) is 7.53. The first-order chi connectivity index (χ1) is 9.78. The molecule has 20 heavy (non-hydrogen) atoms. The lowest BCUT2D eigenvalue weighted by atomic mass is 10.1. The second kappa shape index (κ2) is 7.46. The van der Waals surface area contributed by atoms with Crippen molar-refractivity contribution in [2.45, 2.75) is 39.2 Å². The highest BCUT2D eigenvalue weighted by atomic mass is 16.5. The normalized spacial score (nSPS) is 12.9. The van der Waals surface area contributed by atoms with E-state index in [0.717, 1.165) is 43.8 Å². The van der Waals surface area contributed by atoms with Crippen molar-refractivity contribution in [3.63, 3.8) is 0 Å². The van der Waals surface area contributed by atoms with Crippen molar-refractivity contribution in [2.75, 3.05) is 20.3 Å². The van der Waals surface area contributed by atoms with Crippen LogP contribution >= 0.6 is 0 Å². The summed E-state index contributed by atoms with van der Waals surface area (Å²) < 4.78 is 11.1. The molecule has 1 unspecified atom stereocenters. The monoisotopic (exact) mass is 275 g/mol. The Balaban J connectivity index is 2.22. The molecule has 1 atom stereocenters. The number of rotatable bonds is 8. The zero-order valence-electron chi connectivity index (χ0n) is 12.7. The molecule has 1 N–H and O–H groups in total. The van der Waals surface area contributed by atoms with Crippen LogP contribution in [-0.2, 0) is 11.2 Å². The van der Waals surface area contributed by atoms with Gasteiger partial charge < -0.3 is 14.5 Å². The minimum atomic E-state index is 0.319. The zero-order valence-corrected chi connectivity index (χ0v) is 12.7. The van der Waals surface area contributed by atoms with Gasteiger partial charge in [0.2, 0.25) is 0 Å². The summed E-state index contributed by atoms with van der Waals surface area (Å²) >= 11 is 0. The average Bonchev–Trinajstić information content (AvgIpc) is 2.87. The van der Waals surface area contributed by atoms with E-state index in [9.17, 15) is 0 Å². The molecule has 0 radical (unpaired) electrons. The quantitative estimate of drug-likeness (QED) is 0.788. The topological polar surface area (TPSA) is 34.4 Å². The van der Waals surface area contributed by atoms with Crippen molar-refractivity contribution in [1.29, 1.82) is 0 Å². The molecule has 1 aromatic heterocycles. The van der Waals surface area contributed by atoms with Crippen molar-refractivity contribution in [3.8, 4) is 0 Å². The van der Waals surface area contributed by atoms with Crippen LogP contribution in [0, 0.1) is 0 Å². The molecule has 0 aliphatic rings. The van der Waals surface area contributed by atoms with Crippen molar-refractivity contribution >= 4 is 11.0 Å². The third-order valence-corrected chi connectivity index (χ3v) is 3.57. The van der Waals surface area contributed by atoms with Crippen LogP contribution < -0.4 is 5.32 Å². The number of furan rings is 1. The lowest BCUT2D eigenvalue weighted by Gasteiger charge is -2.13. The number of ether oxygens (including phenoxy) is 1. The first-order valence-corrected chi connectivity index (χ1v) is 7.53. The summed E-state index contributed by atoms with van der Waals surface area (Å²) in [5.74, 6) is 1.05. The fourth-order valence-corrected chi connectivity index (χ4v) is 2.54. The van der Waals surface area contributed by atoms with Crippen LogP contribution in [0.1, 0.15) is 44.1 Å². The Labute approximate surface area is 121 Å². The summed E-state index contributed by atoms with van der Waals surface area (Å²) in [5.41, 5.74) is 2.27. The first kappa shape index (κ1) is 15.1. The van der Waals surface area contributed by atoms with Crippen molar-refractivity contribution in [1.82, 2.24) is 5.32 Å². The zero-order chi connectivity index (χ0) is 14.4. The van der Waals surface area contributed by atoms with Gasteiger partial charge in [0.05, 0.1) is 12.6 Å². The predicted octanol–water partition coefficient (Wildman–Crippen LogP) is 4.07. The Morgan fingerprint density at radius 2 is 2.10 bits per heavy atom. The largest absolute Gasteiger partial charge is 0.459 e. The van der Waals surface area contributed by atoms with Gasteiger partial charge >= 0.3 is 0 Å². The van der Waals surface area contributed by atoms with E-state index in [2.05, 4.69) is 43.4 Å². The van der Waals surface area contributed by atoms with Crippen LogP contribution in [0.4, 0.5) is 0 Å². The van der Waals surface area contributed by atoms with Gasteiger partial charge in [-0.15, -0.1) is 0 Å². The van der Waals surface area contributed by atoms with Crippen LogP contribution in [0.15, 0.2) is 28.7 Å². The molecule has 1 aromatic carbocycles. The van der Waals surface area contributed by atoms with Crippen LogP contribution in [0.3, 0.4) is 0 Å². The summed E-state index contributed by atoms with van der Waals surface area (Å²) in [6, 6.07) is 8.89.